The van der Waals surface area contributed by atoms with Crippen LogP contribution in [0, 0.1) is 13.8 Å². The molecular weight excluding hydrogens is 382 g/mol. The average molecular weight is 399 g/mol. The lowest BCUT2D eigenvalue weighted by Crippen LogP contribution is -2.15. The number of pyridine rings is 1. The highest BCUT2D eigenvalue weighted by Gasteiger charge is 2.16. The van der Waals surface area contributed by atoms with Gasteiger partial charge in [-0.15, -0.1) is 5.11 Å². The van der Waals surface area contributed by atoms with Crippen molar-refractivity contribution in [3.05, 3.63) is 54.0 Å². The van der Waals surface area contributed by atoms with Gasteiger partial charge in [-0.05, 0) is 50.2 Å². The Hall–Kier alpha value is -3.60. The summed E-state index contributed by atoms with van der Waals surface area (Å²) in [5, 5.41) is 17.6. The molecule has 0 saturated carbocycles. The fourth-order valence-corrected chi connectivity index (χ4v) is 3.24. The third-order valence-electron chi connectivity index (χ3n) is 3.56. The van der Waals surface area contributed by atoms with E-state index in [1.54, 1.807) is 19.9 Å². The Morgan fingerprint density at radius 2 is 1.68 bits per heavy atom. The lowest BCUT2D eigenvalue weighted by atomic mass is 10.3. The zero-order valence-electron chi connectivity index (χ0n) is 15.0. The van der Waals surface area contributed by atoms with Gasteiger partial charge in [-0.2, -0.15) is 5.11 Å². The molecule has 3 rings (SSSR count). The molecule has 0 fully saturated rings. The maximum absolute atomic E-state index is 12.5. The first-order valence-electron chi connectivity index (χ1n) is 8.05. The molecule has 0 radical (unpaired) electrons. The summed E-state index contributed by atoms with van der Waals surface area (Å²) in [4.78, 5) is 11.9. The van der Waals surface area contributed by atoms with Crippen molar-refractivity contribution >= 4 is 33.2 Å². The summed E-state index contributed by atoms with van der Waals surface area (Å²) in [5.74, 6) is -0.326. The predicted molar refractivity (Wildman–Crippen MR) is 103 cm³/mol. The minimum absolute atomic E-state index is 0.00650. The Morgan fingerprint density at radius 1 is 1.04 bits per heavy atom. The lowest BCUT2D eigenvalue weighted by Gasteiger charge is -2.08. The second-order valence-electron chi connectivity index (χ2n) is 5.84. The molecule has 28 heavy (non-hydrogen) atoms. The second-order valence-corrected chi connectivity index (χ2v) is 7.52. The number of nitrogens with zero attached hydrogens (tertiary/aromatic N) is 5. The van der Waals surface area contributed by atoms with Crippen LogP contribution in [0.4, 0.5) is 23.1 Å². The first-order valence-corrected chi connectivity index (χ1v) is 9.53. The molecule has 0 saturated heterocycles. The molecule has 0 unspecified atom stereocenters. The fourth-order valence-electron chi connectivity index (χ4n) is 2.29. The Bertz CT molecular complexity index is 1130. The van der Waals surface area contributed by atoms with Crippen LogP contribution in [-0.2, 0) is 10.0 Å². The molecule has 0 spiro atoms. The molecule has 2 aromatic heterocycles. The molecule has 10 nitrogen and oxygen atoms in total. The highest BCUT2D eigenvalue weighted by atomic mass is 32.2. The monoisotopic (exact) mass is 399 g/mol. The van der Waals surface area contributed by atoms with E-state index in [2.05, 4.69) is 29.9 Å². The maximum atomic E-state index is 12.5. The van der Waals surface area contributed by atoms with Gasteiger partial charge in [0.2, 0.25) is 5.95 Å². The number of nitrogens with one attached hydrogen (secondary N) is 1. The van der Waals surface area contributed by atoms with Gasteiger partial charge in [0.05, 0.1) is 10.6 Å². The molecule has 0 aliphatic carbocycles. The van der Waals surface area contributed by atoms with Crippen molar-refractivity contribution in [1.82, 2.24) is 15.0 Å². The lowest BCUT2D eigenvalue weighted by molar-refractivity contribution is 0.477. The standard InChI is InChI=1S/C17H17N7O3S/c1-10-9-11(2)21-17(20-10)24-28(26,27)13-5-3-12(4-6-13)22-23-14-7-8-19-16(18)15(14)25/h3-9,25H,1-2H3,(H2,18,19)(H,20,21,24). The topological polar surface area (TPSA) is 156 Å². The molecule has 0 bridgehead atoms. The highest BCUT2D eigenvalue weighted by molar-refractivity contribution is 7.92. The van der Waals surface area contributed by atoms with Gasteiger partial charge in [0.1, 0.15) is 5.69 Å². The third kappa shape index (κ3) is 4.38. The largest absolute Gasteiger partial charge is 0.503 e. The van der Waals surface area contributed by atoms with Gasteiger partial charge >= 0.3 is 0 Å². The number of nitrogen functional groups attached to an aromatic ring is 1. The van der Waals surface area contributed by atoms with Crippen LogP contribution < -0.4 is 10.5 Å². The first kappa shape index (κ1) is 19.2. The van der Waals surface area contributed by atoms with Crippen molar-refractivity contribution in [2.75, 3.05) is 10.5 Å². The van der Waals surface area contributed by atoms with Crippen molar-refractivity contribution in [2.45, 2.75) is 18.7 Å². The Balaban J connectivity index is 1.79. The molecule has 4 N–H and O–H groups in total. The number of aromatic hydroxyl groups is 1. The summed E-state index contributed by atoms with van der Waals surface area (Å²) in [6.07, 6.45) is 1.39. The van der Waals surface area contributed by atoms with Gasteiger partial charge in [0.25, 0.3) is 10.0 Å². The number of hydrogen-bond donors (Lipinski definition) is 3. The van der Waals surface area contributed by atoms with Crippen LogP contribution in [-0.4, -0.2) is 28.5 Å². The molecule has 3 aromatic rings. The van der Waals surface area contributed by atoms with Gasteiger partial charge in [-0.3, -0.25) is 0 Å². The Morgan fingerprint density at radius 3 is 2.32 bits per heavy atom. The van der Waals surface area contributed by atoms with Crippen molar-refractivity contribution in [3.63, 3.8) is 0 Å². The number of anilines is 2. The number of azo groups is 1. The van der Waals surface area contributed by atoms with E-state index in [1.165, 1.54) is 36.5 Å². The summed E-state index contributed by atoms with van der Waals surface area (Å²) in [6.45, 7) is 3.50. The molecule has 1 aromatic carbocycles. The van der Waals surface area contributed by atoms with E-state index in [4.69, 9.17) is 5.73 Å². The SMILES string of the molecule is Cc1cc(C)nc(NS(=O)(=O)c2ccc(N=Nc3ccnc(N)c3O)cc2)n1. The zero-order valence-corrected chi connectivity index (χ0v) is 15.8. The van der Waals surface area contributed by atoms with Crippen molar-refractivity contribution in [2.24, 2.45) is 10.2 Å². The summed E-state index contributed by atoms with van der Waals surface area (Å²) in [6, 6.07) is 8.89. The van der Waals surface area contributed by atoms with Crippen molar-refractivity contribution in [3.8, 4) is 5.75 Å². The van der Waals surface area contributed by atoms with E-state index in [9.17, 15) is 13.5 Å². The van der Waals surface area contributed by atoms with Crippen LogP contribution in [0.15, 0.2) is 57.7 Å². The molecule has 0 amide bonds. The summed E-state index contributed by atoms with van der Waals surface area (Å²) < 4.78 is 27.3. The van der Waals surface area contributed by atoms with Crippen molar-refractivity contribution < 1.29 is 13.5 Å². The van der Waals surface area contributed by atoms with Crippen LogP contribution >= 0.6 is 0 Å². The van der Waals surface area contributed by atoms with E-state index < -0.39 is 10.0 Å². The quantitative estimate of drug-likeness (QED) is 0.557. The molecule has 2 heterocycles. The van der Waals surface area contributed by atoms with Gasteiger partial charge in [0.15, 0.2) is 11.6 Å². The highest BCUT2D eigenvalue weighted by Crippen LogP contribution is 2.31. The average Bonchev–Trinajstić information content (AvgIpc) is 2.62. The van der Waals surface area contributed by atoms with E-state index >= 15 is 0 Å². The van der Waals surface area contributed by atoms with Gasteiger partial charge in [-0.1, -0.05) is 0 Å². The fraction of sp³-hybridized carbons (Fsp3) is 0.118. The van der Waals surface area contributed by atoms with Gasteiger partial charge in [0, 0.05) is 17.6 Å². The third-order valence-corrected chi connectivity index (χ3v) is 4.90. The number of benzene rings is 1. The number of rotatable bonds is 5. The van der Waals surface area contributed by atoms with E-state index in [0.717, 1.165) is 0 Å². The number of sulfonamides is 1. The summed E-state index contributed by atoms with van der Waals surface area (Å²) in [7, 11) is -3.86. The zero-order chi connectivity index (χ0) is 20.3. The molecule has 0 aliphatic heterocycles. The second kappa shape index (κ2) is 7.56. The van der Waals surface area contributed by atoms with E-state index in [1.807, 2.05) is 0 Å². The smallest absolute Gasteiger partial charge is 0.264 e. The summed E-state index contributed by atoms with van der Waals surface area (Å²) in [5.41, 5.74) is 7.34. The molecular formula is C17H17N7O3S. The van der Waals surface area contributed by atoms with Crippen molar-refractivity contribution in [1.29, 1.82) is 0 Å². The number of aromatic nitrogens is 3. The molecule has 144 valence electrons. The summed E-state index contributed by atoms with van der Waals surface area (Å²) >= 11 is 0. The Labute approximate surface area is 161 Å². The molecule has 0 atom stereocenters. The maximum Gasteiger partial charge on any atom is 0.264 e. The van der Waals surface area contributed by atoms with Gasteiger partial charge < -0.3 is 10.8 Å². The van der Waals surface area contributed by atoms with E-state index in [-0.39, 0.29) is 28.1 Å². The van der Waals surface area contributed by atoms with Crippen LogP contribution in [0.3, 0.4) is 0 Å². The molecule has 11 heteroatoms. The van der Waals surface area contributed by atoms with Crippen LogP contribution in [0.2, 0.25) is 0 Å². The normalized spacial score (nSPS) is 11.6. The van der Waals surface area contributed by atoms with Crippen LogP contribution in [0.1, 0.15) is 11.4 Å². The van der Waals surface area contributed by atoms with Crippen LogP contribution in [0.25, 0.3) is 0 Å². The number of nitrogens with two attached hydrogens (primary N) is 1. The minimum atomic E-state index is -3.86. The minimum Gasteiger partial charge on any atom is -0.503 e. The van der Waals surface area contributed by atoms with E-state index in [0.29, 0.717) is 17.1 Å². The first-order chi connectivity index (χ1) is 13.2. The predicted octanol–water partition coefficient (Wildman–Crippen LogP) is 2.99. The van der Waals surface area contributed by atoms with Crippen LogP contribution in [0.5, 0.6) is 5.75 Å². The molecule has 0 aliphatic rings. The van der Waals surface area contributed by atoms with Gasteiger partial charge in [-0.25, -0.2) is 28.1 Å². The number of aryl methyl sites for hydroxylation is 2. The number of hydrogen-bond acceptors (Lipinski definition) is 9. The Kier molecular flexibility index (Phi) is 5.18.